The van der Waals surface area contributed by atoms with Gasteiger partial charge in [-0.3, -0.25) is 4.79 Å². The number of piperazine rings is 1. The molecule has 25 heavy (non-hydrogen) atoms. The number of fused-ring (bicyclic) bond motifs is 1. The molecule has 128 valence electrons. The number of ether oxygens (including phenoxy) is 1. The number of aromatic nitrogens is 2. The number of benzene rings is 1. The lowest BCUT2D eigenvalue weighted by molar-refractivity contribution is 0.0633. The molecule has 0 bridgehead atoms. The van der Waals surface area contributed by atoms with Gasteiger partial charge in [0.1, 0.15) is 5.75 Å². The topological polar surface area (TPSA) is 58.9 Å². The molecule has 1 aliphatic heterocycles. The fourth-order valence-corrected chi connectivity index (χ4v) is 3.42. The second-order valence-corrected chi connectivity index (χ2v) is 6.05. The van der Waals surface area contributed by atoms with Crippen LogP contribution in [0, 0.1) is 0 Å². The van der Waals surface area contributed by atoms with Crippen molar-refractivity contribution < 1.29 is 9.53 Å². The molecule has 1 aromatic carbocycles. The molecule has 3 aromatic rings. The lowest BCUT2D eigenvalue weighted by Crippen LogP contribution is -2.48. The number of amides is 1. The molecule has 1 saturated heterocycles. The summed E-state index contributed by atoms with van der Waals surface area (Å²) < 4.78 is 7.24. The Morgan fingerprint density at radius 2 is 2.08 bits per heavy atom. The third kappa shape index (κ3) is 2.74. The smallest absolute Gasteiger partial charge is 0.258 e. The van der Waals surface area contributed by atoms with Crippen LogP contribution in [0.5, 0.6) is 5.75 Å². The summed E-state index contributed by atoms with van der Waals surface area (Å²) in [6.45, 7) is 2.12. The largest absolute Gasteiger partial charge is 0.496 e. The van der Waals surface area contributed by atoms with Gasteiger partial charge in [0.05, 0.1) is 30.4 Å². The van der Waals surface area contributed by atoms with Crippen LogP contribution in [0.15, 0.2) is 54.9 Å². The Morgan fingerprint density at radius 3 is 2.96 bits per heavy atom. The van der Waals surface area contributed by atoms with E-state index in [2.05, 4.69) is 10.4 Å². The Hall–Kier alpha value is -2.86. The van der Waals surface area contributed by atoms with Crippen molar-refractivity contribution in [3.8, 4) is 5.75 Å². The van der Waals surface area contributed by atoms with E-state index in [9.17, 15) is 4.79 Å². The summed E-state index contributed by atoms with van der Waals surface area (Å²) in [5.41, 5.74) is 2.47. The normalized spacial score (nSPS) is 17.6. The number of para-hydroxylation sites is 1. The fourth-order valence-electron chi connectivity index (χ4n) is 3.42. The van der Waals surface area contributed by atoms with Crippen LogP contribution < -0.4 is 10.1 Å². The first-order valence-corrected chi connectivity index (χ1v) is 8.36. The SMILES string of the molecule is COc1ccccc1C1CNCCN1C(=O)c1cnn2ccccc12. The average Bonchev–Trinajstić information content (AvgIpc) is 3.11. The summed E-state index contributed by atoms with van der Waals surface area (Å²) in [5.74, 6) is 0.799. The summed E-state index contributed by atoms with van der Waals surface area (Å²) in [4.78, 5) is 15.2. The first-order chi connectivity index (χ1) is 12.3. The Labute approximate surface area is 146 Å². The van der Waals surface area contributed by atoms with Crippen LogP contribution in [0.1, 0.15) is 22.0 Å². The fraction of sp³-hybridized carbons (Fsp3) is 0.263. The molecular formula is C19H20N4O2. The van der Waals surface area contributed by atoms with Gasteiger partial charge >= 0.3 is 0 Å². The molecule has 2 aromatic heterocycles. The highest BCUT2D eigenvalue weighted by molar-refractivity contribution is 6.00. The minimum absolute atomic E-state index is 0.00129. The average molecular weight is 336 g/mol. The van der Waals surface area contributed by atoms with Crippen molar-refractivity contribution >= 4 is 11.4 Å². The number of carbonyl (C=O) groups is 1. The van der Waals surface area contributed by atoms with E-state index < -0.39 is 0 Å². The molecule has 0 spiro atoms. The number of carbonyl (C=O) groups excluding carboxylic acids is 1. The van der Waals surface area contributed by atoms with E-state index in [4.69, 9.17) is 4.74 Å². The Balaban J connectivity index is 1.73. The first-order valence-electron chi connectivity index (χ1n) is 8.36. The predicted molar refractivity (Wildman–Crippen MR) is 94.8 cm³/mol. The van der Waals surface area contributed by atoms with E-state index >= 15 is 0 Å². The van der Waals surface area contributed by atoms with Gasteiger partial charge in [-0.2, -0.15) is 5.10 Å². The number of nitrogens with zero attached hydrogens (tertiary/aromatic N) is 3. The number of hydrogen-bond acceptors (Lipinski definition) is 4. The van der Waals surface area contributed by atoms with Gasteiger partial charge in [0.15, 0.2) is 0 Å². The van der Waals surface area contributed by atoms with E-state index in [1.165, 1.54) is 0 Å². The van der Waals surface area contributed by atoms with E-state index in [1.54, 1.807) is 17.8 Å². The predicted octanol–water partition coefficient (Wildman–Crippen LogP) is 2.13. The van der Waals surface area contributed by atoms with Crippen molar-refractivity contribution in [1.29, 1.82) is 0 Å². The van der Waals surface area contributed by atoms with Gasteiger partial charge in [-0.1, -0.05) is 24.3 Å². The summed E-state index contributed by atoms with van der Waals surface area (Å²) in [5, 5.41) is 7.68. The van der Waals surface area contributed by atoms with Crippen LogP contribution >= 0.6 is 0 Å². The third-order valence-corrected chi connectivity index (χ3v) is 4.66. The van der Waals surface area contributed by atoms with Gasteiger partial charge in [-0.15, -0.1) is 0 Å². The Kier molecular flexibility index (Phi) is 4.11. The molecule has 1 unspecified atom stereocenters. The molecule has 0 radical (unpaired) electrons. The summed E-state index contributed by atoms with van der Waals surface area (Å²) in [7, 11) is 1.66. The zero-order valence-electron chi connectivity index (χ0n) is 14.1. The maximum absolute atomic E-state index is 13.3. The Bertz CT molecular complexity index is 905. The summed E-state index contributed by atoms with van der Waals surface area (Å²) in [6.07, 6.45) is 3.50. The van der Waals surface area contributed by atoms with Crippen LogP contribution in [0.4, 0.5) is 0 Å². The van der Waals surface area contributed by atoms with Crippen molar-refractivity contribution in [2.45, 2.75) is 6.04 Å². The molecule has 1 N–H and O–H groups in total. The number of rotatable bonds is 3. The molecular weight excluding hydrogens is 316 g/mol. The van der Waals surface area contributed by atoms with Gasteiger partial charge in [0.25, 0.3) is 5.91 Å². The van der Waals surface area contributed by atoms with Crippen molar-refractivity contribution in [3.63, 3.8) is 0 Å². The highest BCUT2D eigenvalue weighted by Gasteiger charge is 2.31. The highest BCUT2D eigenvalue weighted by atomic mass is 16.5. The van der Waals surface area contributed by atoms with Gasteiger partial charge in [-0.25, -0.2) is 4.52 Å². The zero-order chi connectivity index (χ0) is 17.2. The molecule has 6 nitrogen and oxygen atoms in total. The highest BCUT2D eigenvalue weighted by Crippen LogP contribution is 2.31. The van der Waals surface area contributed by atoms with Gasteiger partial charge < -0.3 is 15.0 Å². The number of hydrogen-bond donors (Lipinski definition) is 1. The molecule has 3 heterocycles. The van der Waals surface area contributed by atoms with Crippen molar-refractivity contribution in [2.75, 3.05) is 26.7 Å². The number of pyridine rings is 1. The molecule has 6 heteroatoms. The first kappa shape index (κ1) is 15.7. The molecule has 1 amide bonds. The standard InChI is InChI=1S/C19H20N4O2/c1-25-18-8-3-2-6-14(18)17-13-20-9-11-22(17)19(24)15-12-21-23-10-5-4-7-16(15)23/h2-8,10,12,17,20H,9,11,13H2,1H3. The quantitative estimate of drug-likeness (QED) is 0.796. The minimum Gasteiger partial charge on any atom is -0.496 e. The van der Waals surface area contributed by atoms with E-state index in [1.807, 2.05) is 53.6 Å². The lowest BCUT2D eigenvalue weighted by atomic mass is 10.0. The number of nitrogens with one attached hydrogen (secondary N) is 1. The van der Waals surface area contributed by atoms with E-state index in [0.717, 1.165) is 23.4 Å². The van der Waals surface area contributed by atoms with Gasteiger partial charge in [0, 0.05) is 31.4 Å². The molecule has 1 fully saturated rings. The molecule has 1 aliphatic rings. The zero-order valence-corrected chi connectivity index (χ0v) is 14.1. The van der Waals surface area contributed by atoms with E-state index in [0.29, 0.717) is 18.7 Å². The lowest BCUT2D eigenvalue weighted by Gasteiger charge is -2.37. The molecule has 1 atom stereocenters. The van der Waals surface area contributed by atoms with Gasteiger partial charge in [0.2, 0.25) is 0 Å². The summed E-state index contributed by atoms with van der Waals surface area (Å²) in [6, 6.07) is 13.5. The third-order valence-electron chi connectivity index (χ3n) is 4.66. The Morgan fingerprint density at radius 1 is 1.24 bits per heavy atom. The number of methoxy groups -OCH3 is 1. The van der Waals surface area contributed by atoms with Crippen molar-refractivity contribution in [2.24, 2.45) is 0 Å². The maximum atomic E-state index is 13.3. The molecule has 0 aliphatic carbocycles. The maximum Gasteiger partial charge on any atom is 0.258 e. The van der Waals surface area contributed by atoms with Gasteiger partial charge in [-0.05, 0) is 18.2 Å². The van der Waals surface area contributed by atoms with Crippen LogP contribution in [0.3, 0.4) is 0 Å². The second-order valence-electron chi connectivity index (χ2n) is 6.05. The second kappa shape index (κ2) is 6.57. The van der Waals surface area contributed by atoms with Crippen LogP contribution in [0.2, 0.25) is 0 Å². The minimum atomic E-state index is -0.0731. The van der Waals surface area contributed by atoms with Crippen LogP contribution in [-0.4, -0.2) is 47.2 Å². The van der Waals surface area contributed by atoms with Crippen molar-refractivity contribution in [1.82, 2.24) is 19.8 Å². The van der Waals surface area contributed by atoms with E-state index in [-0.39, 0.29) is 11.9 Å². The monoisotopic (exact) mass is 336 g/mol. The van der Waals surface area contributed by atoms with Crippen LogP contribution in [0.25, 0.3) is 5.52 Å². The summed E-state index contributed by atoms with van der Waals surface area (Å²) >= 11 is 0. The molecule has 4 rings (SSSR count). The van der Waals surface area contributed by atoms with Crippen LogP contribution in [-0.2, 0) is 0 Å². The van der Waals surface area contributed by atoms with Crippen molar-refractivity contribution in [3.05, 3.63) is 66.0 Å². The molecule has 0 saturated carbocycles.